The minimum atomic E-state index is -0.602. The Kier molecular flexibility index (Phi) is 6.89. The zero-order valence-electron chi connectivity index (χ0n) is 22.1. The maximum Gasteiger partial charge on any atom is 0.347 e. The predicted octanol–water partition coefficient (Wildman–Crippen LogP) is 6.00. The number of carbonyl (C=O) groups excluding carboxylic acids is 2. The second kappa shape index (κ2) is 10.4. The average Bonchev–Trinajstić information content (AvgIpc) is 3.43. The molecule has 0 spiro atoms. The Bertz CT molecular complexity index is 1630. The third kappa shape index (κ3) is 4.74. The van der Waals surface area contributed by atoms with Gasteiger partial charge in [-0.1, -0.05) is 0 Å². The number of aryl methyl sites for hydroxylation is 1. The van der Waals surface area contributed by atoms with E-state index in [9.17, 15) is 9.59 Å². The minimum Gasteiger partial charge on any atom is -0.496 e. The largest absolute Gasteiger partial charge is 0.496 e. The van der Waals surface area contributed by atoms with Crippen molar-refractivity contribution >= 4 is 28.8 Å². The number of ether oxygens (including phenoxy) is 6. The van der Waals surface area contributed by atoms with Crippen molar-refractivity contribution in [1.29, 1.82) is 0 Å². The number of carbonyl (C=O) groups is 2. The number of fused-ring (bicyclic) bond motifs is 2. The smallest absolute Gasteiger partial charge is 0.347 e. The van der Waals surface area contributed by atoms with Crippen molar-refractivity contribution in [3.63, 3.8) is 0 Å². The number of allylic oxidation sites excluding steroid dienone is 1. The van der Waals surface area contributed by atoms with Crippen LogP contribution in [0.3, 0.4) is 0 Å². The highest BCUT2D eigenvalue weighted by Gasteiger charge is 2.29. The molecule has 4 aromatic rings. The van der Waals surface area contributed by atoms with Crippen LogP contribution >= 0.6 is 0 Å². The summed E-state index contributed by atoms with van der Waals surface area (Å²) < 4.78 is 38.9. The number of hydrogen-bond donors (Lipinski definition) is 0. The normalized spacial score (nSPS) is 13.3. The molecular formula is C30H26O9. The second-order valence-electron chi connectivity index (χ2n) is 8.56. The van der Waals surface area contributed by atoms with E-state index in [1.165, 1.54) is 27.4 Å². The van der Waals surface area contributed by atoms with Gasteiger partial charge in [0.05, 0.1) is 33.5 Å². The van der Waals surface area contributed by atoms with Crippen LogP contribution < -0.4 is 28.4 Å². The Labute approximate surface area is 224 Å². The first-order valence-corrected chi connectivity index (χ1v) is 12.1. The molecule has 1 aromatic heterocycles. The van der Waals surface area contributed by atoms with Gasteiger partial charge in [0.15, 0.2) is 17.3 Å². The van der Waals surface area contributed by atoms with E-state index < -0.39 is 5.97 Å². The molecule has 1 aliphatic rings. The number of ketones is 1. The van der Waals surface area contributed by atoms with E-state index >= 15 is 0 Å². The van der Waals surface area contributed by atoms with Gasteiger partial charge < -0.3 is 32.8 Å². The zero-order valence-corrected chi connectivity index (χ0v) is 22.1. The van der Waals surface area contributed by atoms with Crippen LogP contribution in [-0.2, 0) is 0 Å². The monoisotopic (exact) mass is 530 g/mol. The number of benzene rings is 3. The molecule has 0 fully saturated rings. The van der Waals surface area contributed by atoms with E-state index in [1.54, 1.807) is 55.5 Å². The second-order valence-corrected chi connectivity index (χ2v) is 8.56. The summed E-state index contributed by atoms with van der Waals surface area (Å²) >= 11 is 0. The Hall–Kier alpha value is -4.92. The van der Waals surface area contributed by atoms with Gasteiger partial charge in [0.25, 0.3) is 0 Å². The Morgan fingerprint density at radius 3 is 2.33 bits per heavy atom. The first-order valence-electron chi connectivity index (χ1n) is 12.1. The Morgan fingerprint density at radius 1 is 0.897 bits per heavy atom. The number of esters is 1. The standard InChI is InChI=1S/C30H26O9/c1-6-36-18-8-10-22-21(13-18)28(16(2)37-22)30(32)38-19-7-9-20-24(14-19)39-27(29(20)31)12-17-11-25(34-4)26(35-5)15-23(17)33-3/h7-15H,6H2,1-5H3. The SMILES string of the molecule is CCOc1ccc2oc(C)c(C(=O)Oc3ccc4c(c3)OC(=Cc3cc(OC)c(OC)cc3OC)C4=O)c2c1. The quantitative estimate of drug-likeness (QED) is 0.154. The molecule has 200 valence electrons. The van der Waals surface area contributed by atoms with Crippen LogP contribution in [0.25, 0.3) is 17.0 Å². The molecule has 1 aliphatic heterocycles. The molecule has 0 N–H and O–H groups in total. The van der Waals surface area contributed by atoms with Crippen LogP contribution in [0.15, 0.2) is 58.7 Å². The van der Waals surface area contributed by atoms with Gasteiger partial charge in [-0.2, -0.15) is 0 Å². The van der Waals surface area contributed by atoms with E-state index in [-0.39, 0.29) is 23.0 Å². The topological polar surface area (TPSA) is 103 Å². The van der Waals surface area contributed by atoms with Crippen molar-refractivity contribution in [2.75, 3.05) is 27.9 Å². The summed E-state index contributed by atoms with van der Waals surface area (Å²) in [6, 6.07) is 13.2. The molecule has 0 atom stereocenters. The van der Waals surface area contributed by atoms with E-state index in [2.05, 4.69) is 0 Å². The van der Waals surface area contributed by atoms with Crippen LogP contribution in [0.2, 0.25) is 0 Å². The van der Waals surface area contributed by atoms with E-state index in [0.29, 0.717) is 63.0 Å². The molecule has 9 heteroatoms. The van der Waals surface area contributed by atoms with Gasteiger partial charge in [-0.25, -0.2) is 4.79 Å². The highest BCUT2D eigenvalue weighted by Crippen LogP contribution is 2.39. The number of Topliss-reactive ketones (excluding diaryl/α,β-unsaturated/α-hetero) is 1. The molecule has 0 radical (unpaired) electrons. The summed E-state index contributed by atoms with van der Waals surface area (Å²) in [6.07, 6.45) is 1.56. The Balaban J connectivity index is 1.42. The van der Waals surface area contributed by atoms with Crippen molar-refractivity contribution in [3.8, 4) is 34.5 Å². The lowest BCUT2D eigenvalue weighted by atomic mass is 10.1. The maximum absolute atomic E-state index is 13.2. The number of furan rings is 1. The summed E-state index contributed by atoms with van der Waals surface area (Å²) in [5.74, 6) is 2.11. The molecule has 2 heterocycles. The number of rotatable bonds is 8. The van der Waals surface area contributed by atoms with Crippen LogP contribution in [0, 0.1) is 6.92 Å². The predicted molar refractivity (Wildman–Crippen MR) is 143 cm³/mol. The van der Waals surface area contributed by atoms with Crippen LogP contribution in [-0.4, -0.2) is 39.7 Å². The number of methoxy groups -OCH3 is 3. The van der Waals surface area contributed by atoms with Crippen molar-refractivity contribution in [2.24, 2.45) is 0 Å². The fraction of sp³-hybridized carbons (Fsp3) is 0.200. The van der Waals surface area contributed by atoms with Crippen molar-refractivity contribution in [3.05, 3.63) is 76.7 Å². The molecular weight excluding hydrogens is 504 g/mol. The molecule has 39 heavy (non-hydrogen) atoms. The van der Waals surface area contributed by atoms with Crippen LogP contribution in [0.5, 0.6) is 34.5 Å². The first kappa shape index (κ1) is 25.7. The summed E-state index contributed by atoms with van der Waals surface area (Å²) in [7, 11) is 4.55. The van der Waals surface area contributed by atoms with E-state index in [4.69, 9.17) is 32.8 Å². The van der Waals surface area contributed by atoms with Gasteiger partial charge in [0.1, 0.15) is 39.9 Å². The molecule has 0 amide bonds. The number of hydrogen-bond acceptors (Lipinski definition) is 9. The average molecular weight is 531 g/mol. The molecule has 0 unspecified atom stereocenters. The third-order valence-corrected chi connectivity index (χ3v) is 6.23. The molecule has 3 aromatic carbocycles. The van der Waals surface area contributed by atoms with Gasteiger partial charge in [-0.05, 0) is 56.3 Å². The molecule has 0 saturated heterocycles. The molecule has 0 aliphatic carbocycles. The van der Waals surface area contributed by atoms with Gasteiger partial charge in [0.2, 0.25) is 5.78 Å². The zero-order chi connectivity index (χ0) is 27.7. The highest BCUT2D eigenvalue weighted by atomic mass is 16.5. The fourth-order valence-corrected chi connectivity index (χ4v) is 4.40. The van der Waals surface area contributed by atoms with Crippen LogP contribution in [0.1, 0.15) is 39.0 Å². The van der Waals surface area contributed by atoms with Crippen molar-refractivity contribution < 1.29 is 42.4 Å². The molecule has 9 nitrogen and oxygen atoms in total. The first-order chi connectivity index (χ1) is 18.9. The van der Waals surface area contributed by atoms with Gasteiger partial charge >= 0.3 is 5.97 Å². The van der Waals surface area contributed by atoms with Crippen LogP contribution in [0.4, 0.5) is 0 Å². The molecule has 0 bridgehead atoms. The molecule has 5 rings (SSSR count). The Morgan fingerprint density at radius 2 is 1.62 bits per heavy atom. The fourth-order valence-electron chi connectivity index (χ4n) is 4.40. The lowest BCUT2D eigenvalue weighted by molar-refractivity contribution is 0.0734. The van der Waals surface area contributed by atoms with E-state index in [1.807, 2.05) is 6.92 Å². The minimum absolute atomic E-state index is 0.0825. The lowest BCUT2D eigenvalue weighted by Crippen LogP contribution is -2.09. The summed E-state index contributed by atoms with van der Waals surface area (Å²) in [6.45, 7) is 4.07. The van der Waals surface area contributed by atoms with Crippen molar-refractivity contribution in [1.82, 2.24) is 0 Å². The molecule has 0 saturated carbocycles. The highest BCUT2D eigenvalue weighted by molar-refractivity contribution is 6.15. The van der Waals surface area contributed by atoms with E-state index in [0.717, 1.165) is 0 Å². The van der Waals surface area contributed by atoms with Gasteiger partial charge in [-0.3, -0.25) is 4.79 Å². The lowest BCUT2D eigenvalue weighted by Gasteiger charge is -2.12. The van der Waals surface area contributed by atoms with Gasteiger partial charge in [-0.15, -0.1) is 0 Å². The van der Waals surface area contributed by atoms with Gasteiger partial charge in [0, 0.05) is 23.1 Å². The third-order valence-electron chi connectivity index (χ3n) is 6.23. The van der Waals surface area contributed by atoms with Crippen molar-refractivity contribution in [2.45, 2.75) is 13.8 Å². The maximum atomic E-state index is 13.2. The summed E-state index contributed by atoms with van der Waals surface area (Å²) in [5, 5.41) is 0.588. The summed E-state index contributed by atoms with van der Waals surface area (Å²) in [5.41, 5.74) is 1.75. The summed E-state index contributed by atoms with van der Waals surface area (Å²) in [4.78, 5) is 26.2.